The summed E-state index contributed by atoms with van der Waals surface area (Å²) >= 11 is 0. The second kappa shape index (κ2) is 6.78. The zero-order valence-electron chi connectivity index (χ0n) is 13.6. The first-order valence-corrected chi connectivity index (χ1v) is 7.68. The van der Waals surface area contributed by atoms with Crippen LogP contribution in [-0.2, 0) is 6.54 Å². The van der Waals surface area contributed by atoms with E-state index in [1.54, 1.807) is 24.1 Å². The molecule has 0 fully saturated rings. The highest BCUT2D eigenvalue weighted by atomic mass is 19.1. The van der Waals surface area contributed by atoms with Crippen molar-refractivity contribution in [2.45, 2.75) is 19.5 Å². The quantitative estimate of drug-likeness (QED) is 0.934. The summed E-state index contributed by atoms with van der Waals surface area (Å²) in [4.78, 5) is 13.9. The number of amides is 2. The van der Waals surface area contributed by atoms with Gasteiger partial charge in [-0.05, 0) is 42.3 Å². The topological polar surface area (TPSA) is 50.8 Å². The number of rotatable bonds is 4. The molecular weight excluding hydrogens is 311 g/mol. The van der Waals surface area contributed by atoms with Crippen LogP contribution in [0.3, 0.4) is 0 Å². The van der Waals surface area contributed by atoms with Gasteiger partial charge in [-0.1, -0.05) is 18.2 Å². The van der Waals surface area contributed by atoms with E-state index in [-0.39, 0.29) is 24.7 Å². The summed E-state index contributed by atoms with van der Waals surface area (Å²) in [5, 5.41) is 2.90. The summed E-state index contributed by atoms with van der Waals surface area (Å²) in [5.41, 5.74) is 1.80. The summed E-state index contributed by atoms with van der Waals surface area (Å²) in [6.45, 7) is 2.53. The number of halogens is 1. The highest BCUT2D eigenvalue weighted by Gasteiger charge is 2.17. The van der Waals surface area contributed by atoms with Gasteiger partial charge in [-0.25, -0.2) is 9.18 Å². The Morgan fingerprint density at radius 3 is 2.67 bits per heavy atom. The fraction of sp³-hybridized carbons (Fsp3) is 0.278. The highest BCUT2D eigenvalue weighted by Crippen LogP contribution is 2.32. The van der Waals surface area contributed by atoms with Crippen LogP contribution in [0, 0.1) is 5.82 Å². The van der Waals surface area contributed by atoms with Crippen LogP contribution in [0.4, 0.5) is 9.18 Å². The first kappa shape index (κ1) is 16.1. The van der Waals surface area contributed by atoms with Crippen molar-refractivity contribution in [3.8, 4) is 11.5 Å². The number of hydrogen-bond acceptors (Lipinski definition) is 3. The van der Waals surface area contributed by atoms with Gasteiger partial charge in [0.25, 0.3) is 0 Å². The minimum Gasteiger partial charge on any atom is -0.454 e. The zero-order valence-corrected chi connectivity index (χ0v) is 13.6. The number of fused-ring (bicyclic) bond motifs is 1. The molecule has 126 valence electrons. The van der Waals surface area contributed by atoms with Crippen molar-refractivity contribution in [2.75, 3.05) is 13.8 Å². The molecule has 1 atom stereocenters. The smallest absolute Gasteiger partial charge is 0.317 e. The highest BCUT2D eigenvalue weighted by molar-refractivity contribution is 5.74. The third-order valence-corrected chi connectivity index (χ3v) is 3.91. The molecule has 24 heavy (non-hydrogen) atoms. The number of nitrogens with zero attached hydrogens (tertiary/aromatic N) is 1. The Morgan fingerprint density at radius 2 is 1.92 bits per heavy atom. The molecule has 5 nitrogen and oxygen atoms in total. The Hall–Kier alpha value is -2.76. The minimum atomic E-state index is -0.294. The van der Waals surface area contributed by atoms with Crippen LogP contribution >= 0.6 is 0 Å². The molecule has 3 rings (SSSR count). The van der Waals surface area contributed by atoms with Gasteiger partial charge in [0, 0.05) is 13.6 Å². The molecule has 0 aromatic heterocycles. The van der Waals surface area contributed by atoms with Crippen LogP contribution in [0.2, 0.25) is 0 Å². The molecule has 2 aromatic rings. The Kier molecular flexibility index (Phi) is 4.55. The van der Waals surface area contributed by atoms with Gasteiger partial charge in [-0.3, -0.25) is 0 Å². The van der Waals surface area contributed by atoms with Crippen LogP contribution in [0.1, 0.15) is 24.1 Å². The molecule has 0 bridgehead atoms. The fourth-order valence-electron chi connectivity index (χ4n) is 2.52. The Morgan fingerprint density at radius 1 is 1.21 bits per heavy atom. The van der Waals surface area contributed by atoms with Crippen molar-refractivity contribution in [3.63, 3.8) is 0 Å². The maximum atomic E-state index is 13.0. The molecule has 0 saturated heterocycles. The zero-order chi connectivity index (χ0) is 17.1. The molecule has 2 aromatic carbocycles. The first-order chi connectivity index (χ1) is 11.5. The van der Waals surface area contributed by atoms with E-state index in [2.05, 4.69) is 5.32 Å². The van der Waals surface area contributed by atoms with E-state index in [0.29, 0.717) is 12.3 Å². The molecule has 0 radical (unpaired) electrons. The average Bonchev–Trinajstić information content (AvgIpc) is 3.03. The molecule has 1 unspecified atom stereocenters. The van der Waals surface area contributed by atoms with Crippen LogP contribution in [-0.4, -0.2) is 24.8 Å². The van der Waals surface area contributed by atoms with Gasteiger partial charge < -0.3 is 19.7 Å². The molecular formula is C18H19FN2O3. The van der Waals surface area contributed by atoms with Crippen LogP contribution in [0.15, 0.2) is 42.5 Å². The van der Waals surface area contributed by atoms with Crippen molar-refractivity contribution in [2.24, 2.45) is 0 Å². The number of hydrogen-bond donors (Lipinski definition) is 1. The lowest BCUT2D eigenvalue weighted by Crippen LogP contribution is -2.38. The average molecular weight is 330 g/mol. The SMILES string of the molecule is CC(NC(=O)N(C)Cc1ccc2c(c1)OCO2)c1ccc(F)cc1. The lowest BCUT2D eigenvalue weighted by atomic mass is 10.1. The van der Waals surface area contributed by atoms with Crippen molar-refractivity contribution >= 4 is 6.03 Å². The third kappa shape index (κ3) is 3.59. The summed E-state index contributed by atoms with van der Waals surface area (Å²) in [6, 6.07) is 11.3. The second-order valence-electron chi connectivity index (χ2n) is 5.77. The van der Waals surface area contributed by atoms with E-state index in [9.17, 15) is 9.18 Å². The molecule has 1 N–H and O–H groups in total. The van der Waals surface area contributed by atoms with Crippen molar-refractivity contribution in [1.29, 1.82) is 0 Å². The monoisotopic (exact) mass is 330 g/mol. The number of benzene rings is 2. The van der Waals surface area contributed by atoms with Crippen LogP contribution in [0.25, 0.3) is 0 Å². The van der Waals surface area contributed by atoms with E-state index in [4.69, 9.17) is 9.47 Å². The molecule has 0 saturated carbocycles. The normalized spacial score (nSPS) is 13.5. The standard InChI is InChI=1S/C18H19FN2O3/c1-12(14-4-6-15(19)7-5-14)20-18(22)21(2)10-13-3-8-16-17(9-13)24-11-23-16/h3-9,12H,10-11H2,1-2H3,(H,20,22). The van der Waals surface area contributed by atoms with E-state index >= 15 is 0 Å². The maximum Gasteiger partial charge on any atom is 0.317 e. The Bertz CT molecular complexity index is 734. The lowest BCUT2D eigenvalue weighted by Gasteiger charge is -2.22. The maximum absolute atomic E-state index is 13.0. The van der Waals surface area contributed by atoms with Gasteiger partial charge in [0.2, 0.25) is 6.79 Å². The van der Waals surface area contributed by atoms with Gasteiger partial charge in [-0.15, -0.1) is 0 Å². The predicted octanol–water partition coefficient (Wildman–Crippen LogP) is 3.46. The van der Waals surface area contributed by atoms with E-state index in [1.807, 2.05) is 25.1 Å². The summed E-state index contributed by atoms with van der Waals surface area (Å²) in [6.07, 6.45) is 0. The largest absolute Gasteiger partial charge is 0.454 e. The second-order valence-corrected chi connectivity index (χ2v) is 5.77. The predicted molar refractivity (Wildman–Crippen MR) is 87.4 cm³/mol. The van der Waals surface area contributed by atoms with Gasteiger partial charge in [0.05, 0.1) is 6.04 Å². The van der Waals surface area contributed by atoms with Crippen molar-refractivity contribution in [1.82, 2.24) is 10.2 Å². The van der Waals surface area contributed by atoms with Crippen molar-refractivity contribution in [3.05, 3.63) is 59.4 Å². The molecule has 1 aliphatic rings. The van der Waals surface area contributed by atoms with E-state index in [1.165, 1.54) is 12.1 Å². The van der Waals surface area contributed by atoms with Gasteiger partial charge in [0.1, 0.15) is 5.82 Å². The summed E-state index contributed by atoms with van der Waals surface area (Å²) < 4.78 is 23.6. The van der Waals surface area contributed by atoms with Gasteiger partial charge >= 0.3 is 6.03 Å². The van der Waals surface area contributed by atoms with Crippen LogP contribution in [0.5, 0.6) is 11.5 Å². The molecule has 0 aliphatic carbocycles. The number of nitrogens with one attached hydrogen (secondary N) is 1. The van der Waals surface area contributed by atoms with E-state index < -0.39 is 0 Å². The minimum absolute atomic E-state index is 0.204. The first-order valence-electron chi connectivity index (χ1n) is 7.68. The molecule has 1 heterocycles. The third-order valence-electron chi connectivity index (χ3n) is 3.91. The van der Waals surface area contributed by atoms with Crippen LogP contribution < -0.4 is 14.8 Å². The summed E-state index contributed by atoms with van der Waals surface area (Å²) in [7, 11) is 1.72. The van der Waals surface area contributed by atoms with Crippen molar-refractivity contribution < 1.29 is 18.7 Å². The van der Waals surface area contributed by atoms with Gasteiger partial charge in [-0.2, -0.15) is 0 Å². The Balaban J connectivity index is 1.59. The number of urea groups is 1. The fourth-order valence-corrected chi connectivity index (χ4v) is 2.52. The summed E-state index contributed by atoms with van der Waals surface area (Å²) in [5.74, 6) is 1.12. The molecule has 2 amide bonds. The van der Waals surface area contributed by atoms with Gasteiger partial charge in [0.15, 0.2) is 11.5 Å². The number of carbonyl (C=O) groups excluding carboxylic acids is 1. The molecule has 0 spiro atoms. The lowest BCUT2D eigenvalue weighted by molar-refractivity contribution is 0.174. The molecule has 1 aliphatic heterocycles. The van der Waals surface area contributed by atoms with E-state index in [0.717, 1.165) is 16.9 Å². The Labute approximate surface area is 140 Å². The molecule has 6 heteroatoms. The number of ether oxygens (including phenoxy) is 2. The number of carbonyl (C=O) groups is 1.